The second-order valence-electron chi connectivity index (χ2n) is 4.81. The van der Waals surface area contributed by atoms with Crippen LogP contribution in [0, 0.1) is 0 Å². The van der Waals surface area contributed by atoms with E-state index in [1.165, 1.54) is 0 Å². The van der Waals surface area contributed by atoms with Crippen LogP contribution < -0.4 is 5.32 Å². The van der Waals surface area contributed by atoms with Crippen LogP contribution in [0.2, 0.25) is 0 Å². The Bertz CT molecular complexity index is 418. The van der Waals surface area contributed by atoms with E-state index in [0.29, 0.717) is 18.0 Å². The van der Waals surface area contributed by atoms with E-state index in [4.69, 9.17) is 5.11 Å². The highest BCUT2D eigenvalue weighted by atomic mass is 16.3. The number of aliphatic hydroxyl groups excluding tert-OH is 1. The Morgan fingerprint density at radius 2 is 2.39 bits per heavy atom. The zero-order chi connectivity index (χ0) is 13.0. The number of nitrogens with zero attached hydrogens (tertiary/aromatic N) is 2. The highest BCUT2D eigenvalue weighted by molar-refractivity contribution is 5.92. The van der Waals surface area contributed by atoms with Crippen LogP contribution in [0.5, 0.6) is 0 Å². The average Bonchev–Trinajstić information content (AvgIpc) is 3.20. The van der Waals surface area contributed by atoms with E-state index in [0.717, 1.165) is 25.1 Å². The first-order valence-electron chi connectivity index (χ1n) is 6.45. The van der Waals surface area contributed by atoms with Crippen LogP contribution in [0.1, 0.15) is 54.8 Å². The van der Waals surface area contributed by atoms with E-state index < -0.39 is 0 Å². The van der Waals surface area contributed by atoms with Crippen molar-refractivity contribution in [3.8, 4) is 0 Å². The molecule has 2 N–H and O–H groups in total. The van der Waals surface area contributed by atoms with Crippen molar-refractivity contribution in [3.05, 3.63) is 23.8 Å². The van der Waals surface area contributed by atoms with Crippen molar-refractivity contribution >= 4 is 5.91 Å². The van der Waals surface area contributed by atoms with Gasteiger partial charge in [0.25, 0.3) is 5.91 Å². The summed E-state index contributed by atoms with van der Waals surface area (Å²) in [5.41, 5.74) is 0.433. The van der Waals surface area contributed by atoms with Gasteiger partial charge in [-0.3, -0.25) is 4.79 Å². The predicted octanol–water partition coefficient (Wildman–Crippen LogP) is 1.24. The number of amides is 1. The first-order valence-corrected chi connectivity index (χ1v) is 6.45. The molecule has 0 aliphatic heterocycles. The zero-order valence-electron chi connectivity index (χ0n) is 10.6. The molecule has 1 fully saturated rings. The number of hydrogen-bond acceptors (Lipinski definition) is 4. The topological polar surface area (TPSA) is 75.1 Å². The molecule has 0 bridgehead atoms. The molecule has 98 valence electrons. The van der Waals surface area contributed by atoms with Gasteiger partial charge >= 0.3 is 0 Å². The van der Waals surface area contributed by atoms with Gasteiger partial charge < -0.3 is 10.4 Å². The van der Waals surface area contributed by atoms with E-state index in [9.17, 15) is 4.79 Å². The summed E-state index contributed by atoms with van der Waals surface area (Å²) in [6, 6.07) is 1.68. The van der Waals surface area contributed by atoms with Gasteiger partial charge in [-0.1, -0.05) is 0 Å². The van der Waals surface area contributed by atoms with E-state index >= 15 is 0 Å². The largest absolute Gasteiger partial charge is 0.396 e. The molecule has 0 saturated heterocycles. The summed E-state index contributed by atoms with van der Waals surface area (Å²) in [5, 5.41) is 11.6. The van der Waals surface area contributed by atoms with Crippen molar-refractivity contribution in [2.45, 2.75) is 44.6 Å². The monoisotopic (exact) mass is 249 g/mol. The molecule has 1 saturated carbocycles. The molecule has 1 aliphatic rings. The van der Waals surface area contributed by atoms with Crippen LogP contribution in [-0.2, 0) is 0 Å². The molecular formula is C13H19N3O2. The minimum atomic E-state index is -0.162. The highest BCUT2D eigenvalue weighted by Crippen LogP contribution is 2.37. The Morgan fingerprint density at radius 1 is 1.61 bits per heavy atom. The normalized spacial score (nSPS) is 16.3. The number of aromatic nitrogens is 2. The third-order valence-electron chi connectivity index (χ3n) is 3.02. The van der Waals surface area contributed by atoms with Crippen LogP contribution in [0.15, 0.2) is 12.3 Å². The summed E-state index contributed by atoms with van der Waals surface area (Å²) < 4.78 is 0. The summed E-state index contributed by atoms with van der Waals surface area (Å²) in [6.07, 6.45) is 5.35. The second kappa shape index (κ2) is 5.91. The third kappa shape index (κ3) is 3.50. The van der Waals surface area contributed by atoms with Gasteiger partial charge in [-0.25, -0.2) is 9.97 Å². The zero-order valence-corrected chi connectivity index (χ0v) is 10.6. The molecule has 1 aromatic rings. The fourth-order valence-corrected chi connectivity index (χ4v) is 1.81. The van der Waals surface area contributed by atoms with E-state index in [2.05, 4.69) is 15.3 Å². The molecule has 5 nitrogen and oxygen atoms in total. The fraction of sp³-hybridized carbons (Fsp3) is 0.615. The maximum absolute atomic E-state index is 11.9. The summed E-state index contributed by atoms with van der Waals surface area (Å²) in [6.45, 7) is 2.08. The lowest BCUT2D eigenvalue weighted by Crippen LogP contribution is -2.33. The highest BCUT2D eigenvalue weighted by Gasteiger charge is 2.27. The molecule has 1 atom stereocenters. The Morgan fingerprint density at radius 3 is 3.06 bits per heavy atom. The minimum Gasteiger partial charge on any atom is -0.396 e. The Labute approximate surface area is 107 Å². The molecular weight excluding hydrogens is 230 g/mol. The molecule has 0 aromatic carbocycles. The van der Waals surface area contributed by atoms with Crippen molar-refractivity contribution in [1.29, 1.82) is 0 Å². The molecule has 1 heterocycles. The molecule has 18 heavy (non-hydrogen) atoms. The quantitative estimate of drug-likeness (QED) is 0.795. The molecule has 1 unspecified atom stereocenters. The average molecular weight is 249 g/mol. The number of aliphatic hydroxyl groups is 1. The van der Waals surface area contributed by atoms with Gasteiger partial charge in [0.15, 0.2) is 0 Å². The van der Waals surface area contributed by atoms with E-state index in [1.807, 2.05) is 6.92 Å². The van der Waals surface area contributed by atoms with Gasteiger partial charge in [0.05, 0.1) is 0 Å². The van der Waals surface area contributed by atoms with Gasteiger partial charge in [-0.15, -0.1) is 0 Å². The van der Waals surface area contributed by atoms with E-state index in [1.54, 1.807) is 12.3 Å². The molecule has 5 heteroatoms. The molecule has 0 spiro atoms. The first-order chi connectivity index (χ1) is 8.70. The van der Waals surface area contributed by atoms with Gasteiger partial charge in [-0.2, -0.15) is 0 Å². The molecule has 0 radical (unpaired) electrons. The summed E-state index contributed by atoms with van der Waals surface area (Å²) in [7, 11) is 0. The summed E-state index contributed by atoms with van der Waals surface area (Å²) in [4.78, 5) is 20.4. The standard InChI is InChI=1S/C13H19N3O2/c1-9(3-2-8-17)15-13(18)11-6-7-14-12(16-11)10-4-5-10/h6-7,9-10,17H,2-5,8H2,1H3,(H,15,18). The van der Waals surface area contributed by atoms with Crippen molar-refractivity contribution in [1.82, 2.24) is 15.3 Å². The molecule has 2 rings (SSSR count). The van der Waals surface area contributed by atoms with Gasteiger partial charge in [-0.05, 0) is 38.7 Å². The Hall–Kier alpha value is -1.49. The first kappa shape index (κ1) is 13.0. The van der Waals surface area contributed by atoms with Crippen molar-refractivity contribution in [2.24, 2.45) is 0 Å². The van der Waals surface area contributed by atoms with Crippen LogP contribution in [0.3, 0.4) is 0 Å². The fourth-order valence-electron chi connectivity index (χ4n) is 1.81. The maximum atomic E-state index is 11.9. The lowest BCUT2D eigenvalue weighted by atomic mass is 10.2. The number of carbonyl (C=O) groups excluding carboxylic acids is 1. The van der Waals surface area contributed by atoms with Gasteiger partial charge in [0.1, 0.15) is 11.5 Å². The molecule has 1 amide bonds. The van der Waals surface area contributed by atoms with Crippen molar-refractivity contribution in [2.75, 3.05) is 6.61 Å². The number of rotatable bonds is 6. The number of carbonyl (C=O) groups is 1. The summed E-state index contributed by atoms with van der Waals surface area (Å²) in [5.74, 6) is 1.07. The summed E-state index contributed by atoms with van der Waals surface area (Å²) >= 11 is 0. The minimum absolute atomic E-state index is 0.0454. The van der Waals surface area contributed by atoms with E-state index in [-0.39, 0.29) is 18.6 Å². The molecule has 1 aliphatic carbocycles. The Balaban J connectivity index is 1.93. The van der Waals surface area contributed by atoms with Gasteiger partial charge in [0.2, 0.25) is 0 Å². The van der Waals surface area contributed by atoms with Crippen LogP contribution in [0.25, 0.3) is 0 Å². The van der Waals surface area contributed by atoms with Gasteiger partial charge in [0, 0.05) is 24.8 Å². The third-order valence-corrected chi connectivity index (χ3v) is 3.02. The van der Waals surface area contributed by atoms with Crippen LogP contribution in [0.4, 0.5) is 0 Å². The lowest BCUT2D eigenvalue weighted by molar-refractivity contribution is 0.0931. The maximum Gasteiger partial charge on any atom is 0.270 e. The van der Waals surface area contributed by atoms with Crippen molar-refractivity contribution < 1.29 is 9.90 Å². The smallest absolute Gasteiger partial charge is 0.270 e. The molecule has 1 aromatic heterocycles. The lowest BCUT2D eigenvalue weighted by Gasteiger charge is -2.12. The predicted molar refractivity (Wildman–Crippen MR) is 67.3 cm³/mol. The SMILES string of the molecule is CC(CCCO)NC(=O)c1ccnc(C2CC2)n1. The van der Waals surface area contributed by atoms with Crippen LogP contribution >= 0.6 is 0 Å². The number of nitrogens with one attached hydrogen (secondary N) is 1. The number of hydrogen-bond donors (Lipinski definition) is 2. The Kier molecular flexibility index (Phi) is 4.25. The van der Waals surface area contributed by atoms with Crippen LogP contribution in [-0.4, -0.2) is 33.6 Å². The second-order valence-corrected chi connectivity index (χ2v) is 4.81. The van der Waals surface area contributed by atoms with Crippen molar-refractivity contribution in [3.63, 3.8) is 0 Å².